The maximum atomic E-state index is 14.0. The number of rotatable bonds is 13. The van der Waals surface area contributed by atoms with E-state index < -0.39 is 0 Å². The van der Waals surface area contributed by atoms with Crippen molar-refractivity contribution in [3.05, 3.63) is 101 Å². The topological polar surface area (TPSA) is 77.7 Å². The summed E-state index contributed by atoms with van der Waals surface area (Å²) in [5.41, 5.74) is 7.47. The van der Waals surface area contributed by atoms with Crippen LogP contribution in [0.15, 0.2) is 72.9 Å². The third-order valence-corrected chi connectivity index (χ3v) is 7.96. The van der Waals surface area contributed by atoms with Gasteiger partial charge in [-0.15, -0.1) is 0 Å². The number of aryl methyl sites for hydroxylation is 1. The number of methoxy groups -OCH3 is 1. The van der Waals surface area contributed by atoms with E-state index in [2.05, 4.69) is 93.5 Å². The van der Waals surface area contributed by atoms with Crippen LogP contribution in [0.25, 0.3) is 10.9 Å². The molecule has 0 aliphatic rings. The molecule has 1 aromatic heterocycles. The minimum atomic E-state index is -0.299. The highest BCUT2D eigenvalue weighted by molar-refractivity contribution is 5.94. The number of H-pyrrole nitrogens is 1. The van der Waals surface area contributed by atoms with E-state index in [1.54, 1.807) is 12.0 Å². The van der Waals surface area contributed by atoms with E-state index in [1.165, 1.54) is 5.56 Å². The van der Waals surface area contributed by atoms with Crippen molar-refractivity contribution in [1.29, 1.82) is 0 Å². The zero-order valence-corrected chi connectivity index (χ0v) is 26.4. The van der Waals surface area contributed by atoms with Gasteiger partial charge in [-0.25, -0.2) is 4.79 Å². The highest BCUT2D eigenvalue weighted by atomic mass is 16.5. The van der Waals surface area contributed by atoms with E-state index in [9.17, 15) is 9.59 Å². The van der Waals surface area contributed by atoms with E-state index in [0.29, 0.717) is 32.7 Å². The molecule has 7 heteroatoms. The Morgan fingerprint density at radius 2 is 1.53 bits per heavy atom. The number of carbonyl (C=O) groups excluding carboxylic acids is 2. The van der Waals surface area contributed by atoms with Crippen LogP contribution < -0.4 is 5.32 Å². The summed E-state index contributed by atoms with van der Waals surface area (Å²) in [4.78, 5) is 34.5. The summed E-state index contributed by atoms with van der Waals surface area (Å²) in [5.74, 6) is 0.364. The molecule has 0 radical (unpaired) electrons. The molecule has 0 aliphatic carbocycles. The van der Waals surface area contributed by atoms with Gasteiger partial charge in [-0.3, -0.25) is 4.79 Å². The average Bonchev–Trinajstić information content (AvgIpc) is 3.41. The maximum absolute atomic E-state index is 14.0. The van der Waals surface area contributed by atoms with Crippen molar-refractivity contribution in [2.75, 3.05) is 38.7 Å². The first-order valence-electron chi connectivity index (χ1n) is 15.2. The summed E-state index contributed by atoms with van der Waals surface area (Å²) < 4.78 is 5.33. The van der Waals surface area contributed by atoms with E-state index in [0.717, 1.165) is 38.8 Å². The van der Waals surface area contributed by atoms with Gasteiger partial charge in [-0.1, -0.05) is 93.9 Å². The number of fused-ring (bicyclic) bond motifs is 1. The molecular formula is C36H46N4O3. The molecule has 4 rings (SSSR count). The van der Waals surface area contributed by atoms with E-state index in [4.69, 9.17) is 4.74 Å². The summed E-state index contributed by atoms with van der Waals surface area (Å²) in [6.07, 6.45) is 2.72. The maximum Gasteiger partial charge on any atom is 0.322 e. The molecule has 0 spiro atoms. The second-order valence-corrected chi connectivity index (χ2v) is 11.9. The van der Waals surface area contributed by atoms with Crippen LogP contribution in [-0.2, 0) is 22.5 Å². The molecule has 43 heavy (non-hydrogen) atoms. The monoisotopic (exact) mass is 582 g/mol. The first-order valence-corrected chi connectivity index (χ1v) is 15.2. The molecule has 3 aromatic carbocycles. The highest BCUT2D eigenvalue weighted by Gasteiger charge is 2.24. The molecule has 1 heterocycles. The summed E-state index contributed by atoms with van der Waals surface area (Å²) >= 11 is 0. The molecule has 3 amide bonds. The van der Waals surface area contributed by atoms with Crippen LogP contribution in [0.3, 0.4) is 0 Å². The smallest absolute Gasteiger partial charge is 0.322 e. The molecule has 0 unspecified atom stereocenters. The first-order chi connectivity index (χ1) is 20.7. The molecule has 0 saturated carbocycles. The molecule has 228 valence electrons. The summed E-state index contributed by atoms with van der Waals surface area (Å²) in [7, 11) is 1.60. The molecule has 7 nitrogen and oxygen atoms in total. The van der Waals surface area contributed by atoms with Gasteiger partial charge in [0.1, 0.15) is 6.54 Å². The van der Waals surface area contributed by atoms with Crippen LogP contribution in [0.4, 0.5) is 10.5 Å². The molecular weight excluding hydrogens is 536 g/mol. The molecule has 0 fully saturated rings. The van der Waals surface area contributed by atoms with Gasteiger partial charge in [0.25, 0.3) is 0 Å². The number of ether oxygens (including phenoxy) is 1. The lowest BCUT2D eigenvalue weighted by atomic mass is 9.93. The van der Waals surface area contributed by atoms with Crippen molar-refractivity contribution in [2.45, 2.75) is 59.4 Å². The van der Waals surface area contributed by atoms with Gasteiger partial charge in [0.05, 0.1) is 6.61 Å². The third-order valence-electron chi connectivity index (χ3n) is 7.96. The van der Waals surface area contributed by atoms with Gasteiger partial charge in [0.2, 0.25) is 5.91 Å². The second kappa shape index (κ2) is 14.9. The lowest BCUT2D eigenvalue weighted by Gasteiger charge is -2.29. The zero-order chi connectivity index (χ0) is 30.9. The van der Waals surface area contributed by atoms with Gasteiger partial charge in [0, 0.05) is 49.5 Å². The molecule has 2 N–H and O–H groups in total. The minimum absolute atomic E-state index is 0.0458. The number of carbonyl (C=O) groups is 2. The van der Waals surface area contributed by atoms with Gasteiger partial charge < -0.3 is 24.8 Å². The van der Waals surface area contributed by atoms with Crippen LogP contribution in [-0.4, -0.2) is 60.1 Å². The van der Waals surface area contributed by atoms with E-state index >= 15 is 0 Å². The fourth-order valence-corrected chi connectivity index (χ4v) is 5.40. The normalized spacial score (nSPS) is 11.3. The summed E-state index contributed by atoms with van der Waals surface area (Å²) in [6, 6.07) is 22.3. The Balaban J connectivity index is 1.57. The van der Waals surface area contributed by atoms with Gasteiger partial charge >= 0.3 is 6.03 Å². The standard InChI is InChI=1S/C36H46N4O3/c1-25(2)30-11-9-12-31(26(3)4)35(30)38-36(42)40(20-21-43-6)24-34(41)39(23-28-16-14-27(5)15-17-28)19-18-29-22-37-33-13-8-7-10-32(29)33/h7-17,22,25-26,37H,18-21,23-24H2,1-6H3,(H,38,42). The van der Waals surface area contributed by atoms with Crippen LogP contribution in [0.1, 0.15) is 67.3 Å². The molecule has 4 aromatic rings. The number of nitrogens with zero attached hydrogens (tertiary/aromatic N) is 2. The fraction of sp³-hybridized carbons (Fsp3) is 0.389. The number of para-hydroxylation sites is 2. The SMILES string of the molecule is COCCN(CC(=O)N(CCc1c[nH]c2ccccc12)Cc1ccc(C)cc1)C(=O)Nc1c(C(C)C)cccc1C(C)C. The van der Waals surface area contributed by atoms with Crippen LogP contribution in [0, 0.1) is 6.92 Å². The Hall–Kier alpha value is -4.10. The number of anilines is 1. The molecule has 0 saturated heterocycles. The molecule has 0 atom stereocenters. The van der Waals surface area contributed by atoms with E-state index in [1.807, 2.05) is 29.3 Å². The molecule has 0 bridgehead atoms. The number of hydrogen-bond acceptors (Lipinski definition) is 3. The first kappa shape index (κ1) is 31.8. The number of benzene rings is 3. The molecule has 0 aliphatic heterocycles. The number of aromatic nitrogens is 1. The number of aromatic amines is 1. The predicted molar refractivity (Wildman–Crippen MR) is 176 cm³/mol. The number of nitrogens with one attached hydrogen (secondary N) is 2. The zero-order valence-electron chi connectivity index (χ0n) is 26.4. The van der Waals surface area contributed by atoms with Gasteiger partial charge in [-0.05, 0) is 53.5 Å². The third kappa shape index (κ3) is 8.26. The fourth-order valence-electron chi connectivity index (χ4n) is 5.40. The Morgan fingerprint density at radius 3 is 2.19 bits per heavy atom. The van der Waals surface area contributed by atoms with Crippen LogP contribution in [0.2, 0.25) is 0 Å². The Kier molecular flexibility index (Phi) is 11.0. The highest BCUT2D eigenvalue weighted by Crippen LogP contribution is 2.32. The largest absolute Gasteiger partial charge is 0.383 e. The minimum Gasteiger partial charge on any atom is -0.383 e. The van der Waals surface area contributed by atoms with Gasteiger partial charge in [-0.2, -0.15) is 0 Å². The van der Waals surface area contributed by atoms with Crippen LogP contribution >= 0.6 is 0 Å². The second-order valence-electron chi connectivity index (χ2n) is 11.9. The average molecular weight is 583 g/mol. The van der Waals surface area contributed by atoms with Crippen molar-refractivity contribution in [1.82, 2.24) is 14.8 Å². The van der Waals surface area contributed by atoms with E-state index in [-0.39, 0.29) is 30.3 Å². The van der Waals surface area contributed by atoms with Crippen molar-refractivity contribution in [3.8, 4) is 0 Å². The van der Waals surface area contributed by atoms with Crippen molar-refractivity contribution in [3.63, 3.8) is 0 Å². The lowest BCUT2D eigenvalue weighted by molar-refractivity contribution is -0.132. The summed E-state index contributed by atoms with van der Waals surface area (Å²) in [5, 5.41) is 4.35. The summed E-state index contributed by atoms with van der Waals surface area (Å²) in [6.45, 7) is 12.1. The predicted octanol–water partition coefficient (Wildman–Crippen LogP) is 7.47. The van der Waals surface area contributed by atoms with Crippen molar-refractivity contribution >= 4 is 28.5 Å². The number of urea groups is 1. The quantitative estimate of drug-likeness (QED) is 0.172. The lowest BCUT2D eigenvalue weighted by Crippen LogP contribution is -2.46. The Bertz CT molecular complexity index is 1480. The van der Waals surface area contributed by atoms with Gasteiger partial charge in [0.15, 0.2) is 0 Å². The Labute approximate surface area is 256 Å². The van der Waals surface area contributed by atoms with Crippen LogP contribution in [0.5, 0.6) is 0 Å². The Morgan fingerprint density at radius 1 is 0.860 bits per heavy atom. The number of hydrogen-bond donors (Lipinski definition) is 2. The van der Waals surface area contributed by atoms with Crippen molar-refractivity contribution in [2.24, 2.45) is 0 Å². The van der Waals surface area contributed by atoms with Crippen molar-refractivity contribution < 1.29 is 14.3 Å². The number of amides is 3.